The molecular weight excluding hydrogens is 328 g/mol. The lowest BCUT2D eigenvalue weighted by Crippen LogP contribution is -2.34. The molecule has 0 spiro atoms. The number of benzene rings is 2. The molecular formula is C17H19BrN2O. The van der Waals surface area contributed by atoms with Gasteiger partial charge in [-0.1, -0.05) is 28.1 Å². The van der Waals surface area contributed by atoms with Crippen LogP contribution in [0.25, 0.3) is 0 Å². The van der Waals surface area contributed by atoms with E-state index in [9.17, 15) is 4.79 Å². The van der Waals surface area contributed by atoms with Crippen LogP contribution >= 0.6 is 15.9 Å². The normalized spacial score (nSPS) is 11.2. The summed E-state index contributed by atoms with van der Waals surface area (Å²) in [5.41, 5.74) is 8.56. The third-order valence-corrected chi connectivity index (χ3v) is 3.96. The van der Waals surface area contributed by atoms with Crippen molar-refractivity contribution < 1.29 is 4.79 Å². The highest BCUT2D eigenvalue weighted by atomic mass is 79.9. The van der Waals surface area contributed by atoms with E-state index in [1.807, 2.05) is 63.2 Å². The summed E-state index contributed by atoms with van der Waals surface area (Å²) >= 11 is 3.44. The van der Waals surface area contributed by atoms with Crippen molar-refractivity contribution >= 4 is 33.2 Å². The maximum absolute atomic E-state index is 12.6. The minimum atomic E-state index is -0.635. The number of carbonyl (C=O) groups is 1. The van der Waals surface area contributed by atoms with E-state index in [-0.39, 0.29) is 5.91 Å². The molecule has 0 aliphatic rings. The zero-order valence-corrected chi connectivity index (χ0v) is 14.0. The second kappa shape index (κ2) is 5.90. The minimum absolute atomic E-state index is 0.0511. The summed E-state index contributed by atoms with van der Waals surface area (Å²) in [5.74, 6) is -0.0511. The predicted molar refractivity (Wildman–Crippen MR) is 91.4 cm³/mol. The number of hydrogen-bond acceptors (Lipinski definition) is 2. The van der Waals surface area contributed by atoms with Crippen LogP contribution in [-0.4, -0.2) is 5.91 Å². The lowest BCUT2D eigenvalue weighted by molar-refractivity contribution is -0.120. The first-order chi connectivity index (χ1) is 9.79. The Morgan fingerprint density at radius 2 is 1.76 bits per heavy atom. The van der Waals surface area contributed by atoms with Crippen LogP contribution in [0.15, 0.2) is 46.9 Å². The summed E-state index contributed by atoms with van der Waals surface area (Å²) < 4.78 is 0.947. The Morgan fingerprint density at radius 3 is 2.33 bits per heavy atom. The van der Waals surface area contributed by atoms with Crippen LogP contribution in [0, 0.1) is 6.92 Å². The Kier molecular flexibility index (Phi) is 4.37. The lowest BCUT2D eigenvalue weighted by atomic mass is 9.83. The smallest absolute Gasteiger partial charge is 0.234 e. The van der Waals surface area contributed by atoms with Crippen LogP contribution in [0.3, 0.4) is 0 Å². The molecule has 3 nitrogen and oxygen atoms in total. The molecule has 0 heterocycles. The summed E-state index contributed by atoms with van der Waals surface area (Å²) in [6, 6.07) is 13.2. The van der Waals surface area contributed by atoms with Crippen molar-refractivity contribution in [3.05, 3.63) is 58.1 Å². The number of halogens is 1. The largest absolute Gasteiger partial charge is 0.399 e. The van der Waals surface area contributed by atoms with E-state index in [0.29, 0.717) is 5.69 Å². The SMILES string of the molecule is Cc1cc(Br)cc(NC(=O)C(C)(C)c2ccc(N)cc2)c1. The van der Waals surface area contributed by atoms with Crippen LogP contribution in [0.5, 0.6) is 0 Å². The Bertz CT molecular complexity index is 643. The fraction of sp³-hybridized carbons (Fsp3) is 0.235. The highest BCUT2D eigenvalue weighted by Crippen LogP contribution is 2.27. The quantitative estimate of drug-likeness (QED) is 0.816. The monoisotopic (exact) mass is 346 g/mol. The summed E-state index contributed by atoms with van der Waals surface area (Å²) in [4.78, 5) is 12.6. The van der Waals surface area contributed by atoms with Gasteiger partial charge in [0.05, 0.1) is 5.41 Å². The molecule has 2 aromatic carbocycles. The zero-order chi connectivity index (χ0) is 15.6. The van der Waals surface area contributed by atoms with Crippen LogP contribution in [-0.2, 0) is 10.2 Å². The summed E-state index contributed by atoms with van der Waals surface area (Å²) in [6.45, 7) is 5.79. The highest BCUT2D eigenvalue weighted by Gasteiger charge is 2.29. The van der Waals surface area contributed by atoms with Crippen molar-refractivity contribution in [2.45, 2.75) is 26.2 Å². The second-order valence-corrected chi connectivity index (χ2v) is 6.63. The number of amides is 1. The standard InChI is InChI=1S/C17H19BrN2O/c1-11-8-13(18)10-15(9-11)20-16(21)17(2,3)12-4-6-14(19)7-5-12/h4-10H,19H2,1-3H3,(H,20,21). The molecule has 2 aromatic rings. The molecule has 110 valence electrons. The average Bonchev–Trinajstić information content (AvgIpc) is 2.37. The van der Waals surface area contributed by atoms with Gasteiger partial charge in [0.2, 0.25) is 5.91 Å². The fourth-order valence-electron chi connectivity index (χ4n) is 2.13. The first-order valence-electron chi connectivity index (χ1n) is 6.74. The second-order valence-electron chi connectivity index (χ2n) is 5.72. The number of anilines is 2. The number of rotatable bonds is 3. The first kappa shape index (κ1) is 15.6. The molecule has 0 atom stereocenters. The Balaban J connectivity index is 2.23. The predicted octanol–water partition coefficient (Wildman–Crippen LogP) is 4.26. The molecule has 2 rings (SSSR count). The van der Waals surface area contributed by atoms with E-state index in [1.54, 1.807) is 0 Å². The molecule has 21 heavy (non-hydrogen) atoms. The van der Waals surface area contributed by atoms with E-state index < -0.39 is 5.41 Å². The van der Waals surface area contributed by atoms with Crippen molar-refractivity contribution in [3.8, 4) is 0 Å². The van der Waals surface area contributed by atoms with Crippen LogP contribution < -0.4 is 11.1 Å². The van der Waals surface area contributed by atoms with Gasteiger partial charge in [-0.15, -0.1) is 0 Å². The van der Waals surface area contributed by atoms with Crippen molar-refractivity contribution in [1.82, 2.24) is 0 Å². The maximum atomic E-state index is 12.6. The number of nitrogen functional groups attached to an aromatic ring is 1. The van der Waals surface area contributed by atoms with E-state index in [4.69, 9.17) is 5.73 Å². The molecule has 4 heteroatoms. The van der Waals surface area contributed by atoms with Crippen molar-refractivity contribution in [3.63, 3.8) is 0 Å². The van der Waals surface area contributed by atoms with Gasteiger partial charge in [0.25, 0.3) is 0 Å². The van der Waals surface area contributed by atoms with Gasteiger partial charge in [-0.05, 0) is 62.2 Å². The minimum Gasteiger partial charge on any atom is -0.399 e. The molecule has 0 saturated heterocycles. The number of nitrogens with one attached hydrogen (secondary N) is 1. The molecule has 0 saturated carbocycles. The Morgan fingerprint density at radius 1 is 1.14 bits per heavy atom. The van der Waals surface area contributed by atoms with E-state index in [2.05, 4.69) is 21.2 Å². The summed E-state index contributed by atoms with van der Waals surface area (Å²) in [7, 11) is 0. The fourth-order valence-corrected chi connectivity index (χ4v) is 2.73. The van der Waals surface area contributed by atoms with Gasteiger partial charge >= 0.3 is 0 Å². The molecule has 0 bridgehead atoms. The van der Waals surface area contributed by atoms with Gasteiger partial charge in [0, 0.05) is 15.8 Å². The van der Waals surface area contributed by atoms with E-state index in [1.165, 1.54) is 0 Å². The van der Waals surface area contributed by atoms with Crippen LogP contribution in [0.1, 0.15) is 25.0 Å². The van der Waals surface area contributed by atoms with Crippen molar-refractivity contribution in [1.29, 1.82) is 0 Å². The van der Waals surface area contributed by atoms with E-state index in [0.717, 1.165) is 21.3 Å². The number of carbonyl (C=O) groups excluding carboxylic acids is 1. The Hall–Kier alpha value is -1.81. The Labute approximate surface area is 133 Å². The molecule has 0 aliphatic carbocycles. The number of aryl methyl sites for hydroxylation is 1. The van der Waals surface area contributed by atoms with Gasteiger partial charge in [-0.3, -0.25) is 4.79 Å². The first-order valence-corrected chi connectivity index (χ1v) is 7.53. The summed E-state index contributed by atoms with van der Waals surface area (Å²) in [6.07, 6.45) is 0. The molecule has 0 aliphatic heterocycles. The van der Waals surface area contributed by atoms with Gasteiger partial charge in [0.15, 0.2) is 0 Å². The zero-order valence-electron chi connectivity index (χ0n) is 12.4. The van der Waals surface area contributed by atoms with Gasteiger partial charge < -0.3 is 11.1 Å². The van der Waals surface area contributed by atoms with Crippen molar-refractivity contribution in [2.75, 3.05) is 11.1 Å². The van der Waals surface area contributed by atoms with Crippen molar-refractivity contribution in [2.24, 2.45) is 0 Å². The highest BCUT2D eigenvalue weighted by molar-refractivity contribution is 9.10. The topological polar surface area (TPSA) is 55.1 Å². The molecule has 3 N–H and O–H groups in total. The number of nitrogens with two attached hydrogens (primary N) is 1. The molecule has 1 amide bonds. The van der Waals surface area contributed by atoms with Crippen LogP contribution in [0.2, 0.25) is 0 Å². The average molecular weight is 347 g/mol. The third kappa shape index (κ3) is 3.64. The van der Waals surface area contributed by atoms with Gasteiger partial charge in [-0.2, -0.15) is 0 Å². The number of hydrogen-bond donors (Lipinski definition) is 2. The maximum Gasteiger partial charge on any atom is 0.234 e. The molecule has 0 aromatic heterocycles. The van der Waals surface area contributed by atoms with Gasteiger partial charge in [0.1, 0.15) is 0 Å². The molecule has 0 fully saturated rings. The lowest BCUT2D eigenvalue weighted by Gasteiger charge is -2.24. The van der Waals surface area contributed by atoms with Gasteiger partial charge in [-0.25, -0.2) is 0 Å². The van der Waals surface area contributed by atoms with E-state index >= 15 is 0 Å². The molecule has 0 radical (unpaired) electrons. The summed E-state index contributed by atoms with van der Waals surface area (Å²) in [5, 5.41) is 2.98. The molecule has 0 unspecified atom stereocenters. The third-order valence-electron chi connectivity index (χ3n) is 3.50. The van der Waals surface area contributed by atoms with Crippen LogP contribution in [0.4, 0.5) is 11.4 Å².